The summed E-state index contributed by atoms with van der Waals surface area (Å²) in [4.78, 5) is 22.4. The highest BCUT2D eigenvalue weighted by molar-refractivity contribution is 7.99. The zero-order valence-electron chi connectivity index (χ0n) is 10.5. The van der Waals surface area contributed by atoms with Crippen LogP contribution in [0.4, 0.5) is 5.69 Å². The SMILES string of the molecule is COC(=O)CCSCC(=O)Nc1cccc(C#N)c1. The maximum atomic E-state index is 11.6. The highest BCUT2D eigenvalue weighted by Gasteiger charge is 2.05. The van der Waals surface area contributed by atoms with Gasteiger partial charge in [-0.15, -0.1) is 0 Å². The largest absolute Gasteiger partial charge is 0.469 e. The van der Waals surface area contributed by atoms with Crippen LogP contribution in [0.15, 0.2) is 24.3 Å². The summed E-state index contributed by atoms with van der Waals surface area (Å²) in [7, 11) is 1.34. The number of thioether (sulfide) groups is 1. The second kappa shape index (κ2) is 8.16. The molecule has 0 unspecified atom stereocenters. The number of nitrogens with one attached hydrogen (secondary N) is 1. The molecule has 1 aromatic carbocycles. The van der Waals surface area contributed by atoms with Gasteiger partial charge < -0.3 is 10.1 Å². The van der Waals surface area contributed by atoms with Crippen LogP contribution < -0.4 is 5.32 Å². The normalized spacial score (nSPS) is 9.47. The highest BCUT2D eigenvalue weighted by atomic mass is 32.2. The van der Waals surface area contributed by atoms with Crippen molar-refractivity contribution in [2.75, 3.05) is 23.9 Å². The Labute approximate surface area is 115 Å². The number of carbonyl (C=O) groups excluding carboxylic acids is 2. The molecule has 1 rings (SSSR count). The number of hydrogen-bond acceptors (Lipinski definition) is 5. The van der Waals surface area contributed by atoms with Crippen molar-refractivity contribution < 1.29 is 14.3 Å². The monoisotopic (exact) mass is 278 g/mol. The molecule has 0 bridgehead atoms. The third-order valence-corrected chi connectivity index (χ3v) is 3.15. The lowest BCUT2D eigenvalue weighted by Gasteiger charge is -2.05. The minimum Gasteiger partial charge on any atom is -0.469 e. The number of hydrogen-bond donors (Lipinski definition) is 1. The Morgan fingerprint density at radius 3 is 2.95 bits per heavy atom. The number of carbonyl (C=O) groups is 2. The Bertz CT molecular complexity index is 497. The van der Waals surface area contributed by atoms with Crippen molar-refractivity contribution in [1.82, 2.24) is 0 Å². The Morgan fingerprint density at radius 1 is 1.47 bits per heavy atom. The van der Waals surface area contributed by atoms with E-state index in [-0.39, 0.29) is 17.6 Å². The maximum Gasteiger partial charge on any atom is 0.306 e. The molecule has 6 heteroatoms. The lowest BCUT2D eigenvalue weighted by atomic mass is 10.2. The molecule has 0 radical (unpaired) electrons. The molecule has 1 amide bonds. The predicted molar refractivity (Wildman–Crippen MR) is 73.7 cm³/mol. The Hall–Kier alpha value is -2.00. The van der Waals surface area contributed by atoms with Gasteiger partial charge >= 0.3 is 5.97 Å². The number of benzene rings is 1. The van der Waals surface area contributed by atoms with Crippen LogP contribution in [0.2, 0.25) is 0 Å². The van der Waals surface area contributed by atoms with E-state index in [1.54, 1.807) is 24.3 Å². The van der Waals surface area contributed by atoms with Crippen LogP contribution in [-0.2, 0) is 14.3 Å². The van der Waals surface area contributed by atoms with E-state index >= 15 is 0 Å². The van der Waals surface area contributed by atoms with Crippen LogP contribution in [0.25, 0.3) is 0 Å². The summed E-state index contributed by atoms with van der Waals surface area (Å²) in [5.74, 6) is 0.353. The second-order valence-corrected chi connectivity index (χ2v) is 4.72. The highest BCUT2D eigenvalue weighted by Crippen LogP contribution is 2.11. The Morgan fingerprint density at radius 2 is 2.26 bits per heavy atom. The van der Waals surface area contributed by atoms with E-state index in [2.05, 4.69) is 10.1 Å². The molecule has 0 fully saturated rings. The standard InChI is InChI=1S/C13H14N2O3S/c1-18-13(17)5-6-19-9-12(16)15-11-4-2-3-10(7-11)8-14/h2-4,7H,5-6,9H2,1H3,(H,15,16). The molecule has 0 heterocycles. The van der Waals surface area contributed by atoms with Crippen molar-refractivity contribution in [3.05, 3.63) is 29.8 Å². The topological polar surface area (TPSA) is 79.2 Å². The van der Waals surface area contributed by atoms with Gasteiger partial charge in [-0.3, -0.25) is 9.59 Å². The molecule has 19 heavy (non-hydrogen) atoms. The van der Waals surface area contributed by atoms with Gasteiger partial charge in [0.25, 0.3) is 0 Å². The molecule has 0 aliphatic rings. The van der Waals surface area contributed by atoms with E-state index < -0.39 is 0 Å². The average Bonchev–Trinajstić information content (AvgIpc) is 2.43. The van der Waals surface area contributed by atoms with Gasteiger partial charge in [-0.2, -0.15) is 17.0 Å². The van der Waals surface area contributed by atoms with Gasteiger partial charge in [-0.05, 0) is 18.2 Å². The summed E-state index contributed by atoms with van der Waals surface area (Å²) in [6.45, 7) is 0. The maximum absolute atomic E-state index is 11.6. The lowest BCUT2D eigenvalue weighted by molar-refractivity contribution is -0.140. The van der Waals surface area contributed by atoms with Gasteiger partial charge in [0, 0.05) is 11.4 Å². The van der Waals surface area contributed by atoms with Gasteiger partial charge in [0.15, 0.2) is 0 Å². The number of amides is 1. The number of nitriles is 1. The fourth-order valence-electron chi connectivity index (χ4n) is 1.29. The van der Waals surface area contributed by atoms with Crippen molar-refractivity contribution in [2.45, 2.75) is 6.42 Å². The van der Waals surface area contributed by atoms with Crippen molar-refractivity contribution in [1.29, 1.82) is 5.26 Å². The molecule has 0 saturated carbocycles. The number of ether oxygens (including phenoxy) is 1. The first-order valence-corrected chi connectivity index (χ1v) is 6.75. The van der Waals surface area contributed by atoms with Gasteiger partial charge in [0.2, 0.25) is 5.91 Å². The van der Waals surface area contributed by atoms with E-state index in [1.165, 1.54) is 18.9 Å². The fourth-order valence-corrected chi connectivity index (χ4v) is 2.00. The van der Waals surface area contributed by atoms with Crippen molar-refractivity contribution in [3.8, 4) is 6.07 Å². The molecule has 1 aromatic rings. The van der Waals surface area contributed by atoms with Crippen LogP contribution in [0, 0.1) is 11.3 Å². The second-order valence-electron chi connectivity index (χ2n) is 3.62. The molecule has 0 saturated heterocycles. The zero-order chi connectivity index (χ0) is 14.1. The number of esters is 1. The van der Waals surface area contributed by atoms with E-state index in [0.29, 0.717) is 23.4 Å². The third-order valence-electron chi connectivity index (χ3n) is 2.19. The quantitative estimate of drug-likeness (QED) is 0.634. The lowest BCUT2D eigenvalue weighted by Crippen LogP contribution is -2.14. The molecule has 0 atom stereocenters. The number of rotatable bonds is 6. The molecule has 0 spiro atoms. The summed E-state index contributed by atoms with van der Waals surface area (Å²) in [5, 5.41) is 11.4. The number of nitrogens with zero attached hydrogens (tertiary/aromatic N) is 1. The van der Waals surface area contributed by atoms with E-state index in [0.717, 1.165) is 0 Å². The molecular formula is C13H14N2O3S. The predicted octanol–water partition coefficient (Wildman–Crippen LogP) is 1.79. The van der Waals surface area contributed by atoms with Crippen LogP contribution in [0.3, 0.4) is 0 Å². The van der Waals surface area contributed by atoms with Crippen molar-refractivity contribution in [2.24, 2.45) is 0 Å². The third kappa shape index (κ3) is 5.93. The van der Waals surface area contributed by atoms with Crippen LogP contribution in [-0.4, -0.2) is 30.5 Å². The van der Waals surface area contributed by atoms with Gasteiger partial charge in [0.1, 0.15) is 0 Å². The fraction of sp³-hybridized carbons (Fsp3) is 0.308. The molecule has 0 aromatic heterocycles. The smallest absolute Gasteiger partial charge is 0.306 e. The number of anilines is 1. The van der Waals surface area contributed by atoms with Crippen molar-refractivity contribution in [3.63, 3.8) is 0 Å². The molecule has 100 valence electrons. The average molecular weight is 278 g/mol. The first-order valence-electron chi connectivity index (χ1n) is 5.60. The first-order chi connectivity index (χ1) is 9.15. The molecule has 1 N–H and O–H groups in total. The van der Waals surface area contributed by atoms with Crippen LogP contribution >= 0.6 is 11.8 Å². The van der Waals surface area contributed by atoms with Crippen LogP contribution in [0.5, 0.6) is 0 Å². The summed E-state index contributed by atoms with van der Waals surface area (Å²) < 4.78 is 4.49. The Kier molecular flexibility index (Phi) is 6.47. The molecule has 0 aliphatic heterocycles. The van der Waals surface area contributed by atoms with Crippen molar-refractivity contribution >= 4 is 29.3 Å². The summed E-state index contributed by atoms with van der Waals surface area (Å²) >= 11 is 1.36. The number of methoxy groups -OCH3 is 1. The summed E-state index contributed by atoms with van der Waals surface area (Å²) in [5.41, 5.74) is 1.09. The van der Waals surface area contributed by atoms with Gasteiger partial charge in [0.05, 0.1) is 30.9 Å². The summed E-state index contributed by atoms with van der Waals surface area (Å²) in [6.07, 6.45) is 0.290. The van der Waals surface area contributed by atoms with Gasteiger partial charge in [-0.25, -0.2) is 0 Å². The molecular weight excluding hydrogens is 264 g/mol. The van der Waals surface area contributed by atoms with E-state index in [4.69, 9.17) is 5.26 Å². The van der Waals surface area contributed by atoms with Gasteiger partial charge in [-0.1, -0.05) is 6.07 Å². The summed E-state index contributed by atoms with van der Waals surface area (Å²) in [6, 6.07) is 8.71. The zero-order valence-corrected chi connectivity index (χ0v) is 11.3. The molecule has 5 nitrogen and oxygen atoms in total. The Balaban J connectivity index is 2.31. The van der Waals surface area contributed by atoms with E-state index in [9.17, 15) is 9.59 Å². The van der Waals surface area contributed by atoms with E-state index in [1.807, 2.05) is 6.07 Å². The first kappa shape index (κ1) is 15.1. The molecule has 0 aliphatic carbocycles. The minimum atomic E-state index is -0.283. The minimum absolute atomic E-state index is 0.162. The van der Waals surface area contributed by atoms with Crippen LogP contribution in [0.1, 0.15) is 12.0 Å².